The number of anilines is 1. The minimum absolute atomic E-state index is 0.0934. The van der Waals surface area contributed by atoms with E-state index >= 15 is 0 Å². The van der Waals surface area contributed by atoms with Crippen molar-refractivity contribution in [3.8, 4) is 0 Å². The van der Waals surface area contributed by atoms with Gasteiger partial charge in [-0.2, -0.15) is 0 Å². The molecule has 2 aliphatic heterocycles. The number of rotatable bonds is 5. The summed E-state index contributed by atoms with van der Waals surface area (Å²) in [6.07, 6.45) is 2.48. The number of benzene rings is 1. The van der Waals surface area contributed by atoms with Crippen LogP contribution in [-0.4, -0.2) is 72.8 Å². The minimum Gasteiger partial charge on any atom is -0.376 e. The number of piperazine rings is 1. The molecule has 2 N–H and O–H groups in total. The first-order valence-electron chi connectivity index (χ1n) is 9.02. The van der Waals surface area contributed by atoms with Gasteiger partial charge in [-0.15, -0.1) is 0 Å². The first-order valence-corrected chi connectivity index (χ1v) is 9.43. The molecule has 0 unspecified atom stereocenters. The fourth-order valence-corrected chi connectivity index (χ4v) is 3.43. The molecule has 1 amide bonds. The van der Waals surface area contributed by atoms with E-state index in [1.165, 1.54) is 12.1 Å². The molecule has 142 valence electrons. The van der Waals surface area contributed by atoms with Crippen LogP contribution >= 0.6 is 12.2 Å². The van der Waals surface area contributed by atoms with E-state index in [0.29, 0.717) is 12.2 Å². The second kappa shape index (κ2) is 9.25. The Morgan fingerprint density at radius 3 is 2.62 bits per heavy atom. The predicted octanol–water partition coefficient (Wildman–Crippen LogP) is 1.44. The van der Waals surface area contributed by atoms with Crippen molar-refractivity contribution < 1.29 is 13.9 Å². The summed E-state index contributed by atoms with van der Waals surface area (Å²) in [6.45, 7) is 5.07. The molecular formula is C18H25FN4O2S. The normalized spacial score (nSPS) is 20.8. The van der Waals surface area contributed by atoms with E-state index in [1.807, 2.05) is 0 Å². The third-order valence-electron chi connectivity index (χ3n) is 4.66. The number of nitrogens with one attached hydrogen (secondary N) is 2. The van der Waals surface area contributed by atoms with Crippen LogP contribution < -0.4 is 10.6 Å². The van der Waals surface area contributed by atoms with Gasteiger partial charge in [-0.3, -0.25) is 9.69 Å². The Hall–Kier alpha value is -1.77. The van der Waals surface area contributed by atoms with Crippen LogP contribution in [0.4, 0.5) is 10.1 Å². The maximum absolute atomic E-state index is 12.9. The minimum atomic E-state index is -0.316. The molecule has 8 heteroatoms. The summed E-state index contributed by atoms with van der Waals surface area (Å²) in [7, 11) is 0. The number of hydrogen-bond acceptors (Lipinski definition) is 4. The molecular weight excluding hydrogens is 355 g/mol. The molecule has 6 nitrogen and oxygen atoms in total. The van der Waals surface area contributed by atoms with Crippen molar-refractivity contribution in [2.45, 2.75) is 18.9 Å². The number of carbonyl (C=O) groups is 1. The van der Waals surface area contributed by atoms with Crippen LogP contribution in [0.5, 0.6) is 0 Å². The predicted molar refractivity (Wildman–Crippen MR) is 103 cm³/mol. The van der Waals surface area contributed by atoms with E-state index < -0.39 is 0 Å². The van der Waals surface area contributed by atoms with Crippen molar-refractivity contribution in [2.24, 2.45) is 0 Å². The summed E-state index contributed by atoms with van der Waals surface area (Å²) in [6, 6.07) is 5.78. The molecule has 2 aliphatic rings. The van der Waals surface area contributed by atoms with Crippen molar-refractivity contribution in [2.75, 3.05) is 51.2 Å². The van der Waals surface area contributed by atoms with Crippen LogP contribution in [0.25, 0.3) is 0 Å². The zero-order valence-corrected chi connectivity index (χ0v) is 15.6. The highest BCUT2D eigenvalue weighted by molar-refractivity contribution is 7.80. The highest BCUT2D eigenvalue weighted by Crippen LogP contribution is 2.11. The van der Waals surface area contributed by atoms with Gasteiger partial charge in [0.2, 0.25) is 5.91 Å². The van der Waals surface area contributed by atoms with E-state index in [-0.39, 0.29) is 17.8 Å². The zero-order valence-electron chi connectivity index (χ0n) is 14.7. The molecule has 0 aliphatic carbocycles. The van der Waals surface area contributed by atoms with Crippen LogP contribution in [-0.2, 0) is 9.53 Å². The molecule has 1 aromatic rings. The van der Waals surface area contributed by atoms with Crippen molar-refractivity contribution >= 4 is 28.9 Å². The standard InChI is InChI=1S/C18H25FN4O2S/c19-14-3-5-15(6-4-14)21-17(24)13-22-7-9-23(10-8-22)18(26)20-12-16-2-1-11-25-16/h3-6,16H,1-2,7-13H2,(H,20,26)(H,21,24)/t16-/m0/s1. The average Bonchev–Trinajstić information content (AvgIpc) is 3.16. The Labute approximate surface area is 158 Å². The Morgan fingerprint density at radius 1 is 1.23 bits per heavy atom. The van der Waals surface area contributed by atoms with Crippen molar-refractivity contribution in [1.82, 2.24) is 15.1 Å². The maximum Gasteiger partial charge on any atom is 0.238 e. The lowest BCUT2D eigenvalue weighted by Gasteiger charge is -2.36. The third kappa shape index (κ3) is 5.62. The lowest BCUT2D eigenvalue weighted by molar-refractivity contribution is -0.117. The number of ether oxygens (including phenoxy) is 1. The average molecular weight is 380 g/mol. The summed E-state index contributed by atoms with van der Waals surface area (Å²) in [5, 5.41) is 6.84. The fourth-order valence-electron chi connectivity index (χ4n) is 3.16. The molecule has 2 saturated heterocycles. The van der Waals surface area contributed by atoms with Crippen LogP contribution in [0, 0.1) is 5.82 Å². The topological polar surface area (TPSA) is 56.8 Å². The van der Waals surface area contributed by atoms with Crippen LogP contribution in [0.1, 0.15) is 12.8 Å². The Morgan fingerprint density at radius 2 is 1.96 bits per heavy atom. The summed E-state index contributed by atoms with van der Waals surface area (Å²) in [4.78, 5) is 16.4. The van der Waals surface area contributed by atoms with Crippen LogP contribution in [0.15, 0.2) is 24.3 Å². The summed E-state index contributed by atoms with van der Waals surface area (Å²) >= 11 is 5.46. The number of thiocarbonyl (C=S) groups is 1. The number of hydrogen-bond donors (Lipinski definition) is 2. The largest absolute Gasteiger partial charge is 0.376 e. The first-order chi connectivity index (χ1) is 12.6. The van der Waals surface area contributed by atoms with Gasteiger partial charge in [0.1, 0.15) is 5.82 Å². The fraction of sp³-hybridized carbons (Fsp3) is 0.556. The van der Waals surface area contributed by atoms with Gasteiger partial charge in [-0.1, -0.05) is 0 Å². The van der Waals surface area contributed by atoms with Crippen molar-refractivity contribution in [3.63, 3.8) is 0 Å². The molecule has 0 spiro atoms. The quantitative estimate of drug-likeness (QED) is 0.754. The van der Waals surface area contributed by atoms with Gasteiger partial charge in [0.15, 0.2) is 5.11 Å². The zero-order chi connectivity index (χ0) is 18.4. The Balaban J connectivity index is 1.35. The number of nitrogens with zero attached hydrogens (tertiary/aromatic N) is 2. The Bertz CT molecular complexity index is 614. The van der Waals surface area contributed by atoms with Crippen molar-refractivity contribution in [3.05, 3.63) is 30.1 Å². The van der Waals surface area contributed by atoms with Gasteiger partial charge >= 0.3 is 0 Å². The molecule has 2 fully saturated rings. The second-order valence-corrected chi connectivity index (χ2v) is 7.03. The second-order valence-electron chi connectivity index (χ2n) is 6.64. The van der Waals surface area contributed by atoms with Gasteiger partial charge in [-0.25, -0.2) is 4.39 Å². The summed E-state index contributed by atoms with van der Waals surface area (Å²) in [5.41, 5.74) is 0.606. The molecule has 0 aromatic heterocycles. The van der Waals surface area contributed by atoms with Crippen LogP contribution in [0.3, 0.4) is 0 Å². The maximum atomic E-state index is 12.9. The van der Waals surface area contributed by atoms with E-state index in [0.717, 1.165) is 57.3 Å². The lowest BCUT2D eigenvalue weighted by Crippen LogP contribution is -2.53. The number of amides is 1. The third-order valence-corrected chi connectivity index (χ3v) is 5.06. The lowest BCUT2D eigenvalue weighted by atomic mass is 10.2. The number of halogens is 1. The summed E-state index contributed by atoms with van der Waals surface area (Å²) < 4.78 is 18.5. The molecule has 1 atom stereocenters. The SMILES string of the molecule is O=C(CN1CCN(C(=S)NC[C@@H]2CCCO2)CC1)Nc1ccc(F)cc1. The highest BCUT2D eigenvalue weighted by Gasteiger charge is 2.22. The molecule has 0 saturated carbocycles. The molecule has 3 rings (SSSR count). The highest BCUT2D eigenvalue weighted by atomic mass is 32.1. The van der Waals surface area contributed by atoms with Gasteiger partial charge in [0.25, 0.3) is 0 Å². The number of carbonyl (C=O) groups excluding carboxylic acids is 1. The van der Waals surface area contributed by atoms with E-state index in [9.17, 15) is 9.18 Å². The van der Waals surface area contributed by atoms with Gasteiger partial charge in [0, 0.05) is 45.0 Å². The van der Waals surface area contributed by atoms with Gasteiger partial charge in [0.05, 0.1) is 12.6 Å². The van der Waals surface area contributed by atoms with E-state index in [2.05, 4.69) is 20.4 Å². The van der Waals surface area contributed by atoms with E-state index in [1.54, 1.807) is 12.1 Å². The molecule has 1 aromatic carbocycles. The van der Waals surface area contributed by atoms with Gasteiger partial charge < -0.3 is 20.3 Å². The molecule has 26 heavy (non-hydrogen) atoms. The summed E-state index contributed by atoms with van der Waals surface area (Å²) in [5.74, 6) is -0.410. The molecule has 0 radical (unpaired) electrons. The smallest absolute Gasteiger partial charge is 0.238 e. The van der Waals surface area contributed by atoms with Crippen LogP contribution in [0.2, 0.25) is 0 Å². The first kappa shape index (κ1) is 19.0. The molecule has 0 bridgehead atoms. The Kier molecular flexibility index (Phi) is 6.76. The monoisotopic (exact) mass is 380 g/mol. The van der Waals surface area contributed by atoms with E-state index in [4.69, 9.17) is 17.0 Å². The van der Waals surface area contributed by atoms with Gasteiger partial charge in [-0.05, 0) is 49.3 Å². The van der Waals surface area contributed by atoms with Crippen molar-refractivity contribution in [1.29, 1.82) is 0 Å². The molecule has 2 heterocycles.